The molecule has 8 nitrogen and oxygen atoms in total. The zero-order valence-electron chi connectivity index (χ0n) is 20.8. The van der Waals surface area contributed by atoms with Crippen LogP contribution in [-0.4, -0.2) is 57.1 Å². The molecule has 0 heterocycles. The average Bonchev–Trinajstić information content (AvgIpc) is 2.82. The summed E-state index contributed by atoms with van der Waals surface area (Å²) < 4.78 is 32.3. The first kappa shape index (κ1) is 28.6. The molecule has 0 aliphatic heterocycles. The van der Waals surface area contributed by atoms with Crippen molar-refractivity contribution in [2.24, 2.45) is 0 Å². The van der Waals surface area contributed by atoms with Crippen LogP contribution in [0.3, 0.4) is 0 Å². The molecule has 2 rings (SSSR count). The summed E-state index contributed by atoms with van der Waals surface area (Å²) in [7, 11) is -2.19. The van der Waals surface area contributed by atoms with Gasteiger partial charge in [-0.3, -0.25) is 13.9 Å². The Morgan fingerprint density at radius 2 is 1.63 bits per heavy atom. The molecule has 0 aliphatic carbocycles. The normalized spacial score (nSPS) is 13.0. The van der Waals surface area contributed by atoms with E-state index in [0.29, 0.717) is 17.9 Å². The summed E-state index contributed by atoms with van der Waals surface area (Å²) in [5.74, 6) is -0.0646. The van der Waals surface area contributed by atoms with Crippen LogP contribution in [0.1, 0.15) is 39.2 Å². The van der Waals surface area contributed by atoms with Crippen LogP contribution in [0.15, 0.2) is 53.0 Å². The van der Waals surface area contributed by atoms with Gasteiger partial charge in [0, 0.05) is 17.1 Å². The minimum absolute atomic E-state index is 0.0511. The molecule has 0 spiro atoms. The number of anilines is 1. The Bertz CT molecular complexity index is 1090. The second kappa shape index (κ2) is 12.9. The first-order valence-corrected chi connectivity index (χ1v) is 14.1. The smallest absolute Gasteiger partial charge is 0.244 e. The Morgan fingerprint density at radius 3 is 2.11 bits per heavy atom. The van der Waals surface area contributed by atoms with Crippen molar-refractivity contribution in [1.82, 2.24) is 10.2 Å². The molecule has 0 radical (unpaired) electrons. The number of benzene rings is 2. The highest BCUT2D eigenvalue weighted by atomic mass is 79.9. The van der Waals surface area contributed by atoms with E-state index < -0.39 is 28.5 Å². The fraction of sp³-hybridized carbons (Fsp3) is 0.440. The number of sulfonamides is 1. The van der Waals surface area contributed by atoms with E-state index in [0.717, 1.165) is 27.0 Å². The predicted octanol–water partition coefficient (Wildman–Crippen LogP) is 3.95. The summed E-state index contributed by atoms with van der Waals surface area (Å²) in [5.41, 5.74) is 1.16. The van der Waals surface area contributed by atoms with E-state index in [1.54, 1.807) is 43.5 Å². The van der Waals surface area contributed by atoms with Gasteiger partial charge >= 0.3 is 0 Å². The Kier molecular flexibility index (Phi) is 10.6. The number of methoxy groups -OCH3 is 1. The molecule has 10 heteroatoms. The molecule has 0 aromatic heterocycles. The summed E-state index contributed by atoms with van der Waals surface area (Å²) in [6, 6.07) is 13.1. The van der Waals surface area contributed by atoms with Gasteiger partial charge in [-0.15, -0.1) is 0 Å². The number of carbonyl (C=O) groups is 2. The highest BCUT2D eigenvalue weighted by Gasteiger charge is 2.32. The SMILES string of the molecule is CC[C@H](C)NC(=O)[C@H](CC)N(Cc1ccc(OC)cc1)C(=O)CN(c1ccc(Br)cc1)S(C)(=O)=O. The Hall–Kier alpha value is -2.59. The number of halogens is 1. The van der Waals surface area contributed by atoms with Crippen molar-refractivity contribution in [2.75, 3.05) is 24.2 Å². The average molecular weight is 569 g/mol. The van der Waals surface area contributed by atoms with E-state index in [1.807, 2.05) is 32.9 Å². The molecule has 192 valence electrons. The van der Waals surface area contributed by atoms with E-state index >= 15 is 0 Å². The molecule has 0 aliphatic rings. The summed E-state index contributed by atoms with van der Waals surface area (Å²) in [6.07, 6.45) is 2.18. The molecule has 2 aromatic carbocycles. The second-order valence-electron chi connectivity index (χ2n) is 8.36. The number of carbonyl (C=O) groups excluding carboxylic acids is 2. The van der Waals surface area contributed by atoms with E-state index in [9.17, 15) is 18.0 Å². The second-order valence-corrected chi connectivity index (χ2v) is 11.2. The number of rotatable bonds is 12. The quantitative estimate of drug-likeness (QED) is 0.419. The lowest BCUT2D eigenvalue weighted by atomic mass is 10.1. The zero-order chi connectivity index (χ0) is 26.2. The van der Waals surface area contributed by atoms with Gasteiger partial charge in [0.1, 0.15) is 18.3 Å². The summed E-state index contributed by atoms with van der Waals surface area (Å²) >= 11 is 3.34. The minimum atomic E-state index is -3.76. The van der Waals surface area contributed by atoms with Crippen molar-refractivity contribution < 1.29 is 22.7 Å². The van der Waals surface area contributed by atoms with Crippen LogP contribution in [0.25, 0.3) is 0 Å². The van der Waals surface area contributed by atoms with E-state index in [-0.39, 0.29) is 18.5 Å². The van der Waals surface area contributed by atoms with Crippen LogP contribution < -0.4 is 14.4 Å². The number of ether oxygens (including phenoxy) is 1. The number of amides is 2. The zero-order valence-corrected chi connectivity index (χ0v) is 23.2. The Balaban J connectivity index is 2.42. The topological polar surface area (TPSA) is 96.0 Å². The van der Waals surface area contributed by atoms with Gasteiger partial charge in [0.05, 0.1) is 19.1 Å². The van der Waals surface area contributed by atoms with Crippen LogP contribution in [0.4, 0.5) is 5.69 Å². The number of hydrogen-bond donors (Lipinski definition) is 1. The van der Waals surface area contributed by atoms with Crippen molar-refractivity contribution in [3.05, 3.63) is 58.6 Å². The van der Waals surface area contributed by atoms with Gasteiger partial charge in [0.25, 0.3) is 0 Å². The number of nitrogens with one attached hydrogen (secondary N) is 1. The third-order valence-electron chi connectivity index (χ3n) is 5.69. The molecule has 0 bridgehead atoms. The molecule has 0 saturated carbocycles. The molecule has 0 fully saturated rings. The van der Waals surface area contributed by atoms with E-state index in [2.05, 4.69) is 21.2 Å². The highest BCUT2D eigenvalue weighted by molar-refractivity contribution is 9.10. The maximum atomic E-state index is 13.6. The highest BCUT2D eigenvalue weighted by Crippen LogP contribution is 2.22. The van der Waals surface area contributed by atoms with Gasteiger partial charge < -0.3 is 15.0 Å². The van der Waals surface area contributed by atoms with Gasteiger partial charge in [-0.2, -0.15) is 0 Å². The fourth-order valence-electron chi connectivity index (χ4n) is 3.51. The molecular weight excluding hydrogens is 534 g/mol. The Labute approximate surface area is 216 Å². The fourth-order valence-corrected chi connectivity index (χ4v) is 4.62. The minimum Gasteiger partial charge on any atom is -0.497 e. The van der Waals surface area contributed by atoms with Gasteiger partial charge in [-0.1, -0.05) is 41.9 Å². The molecule has 1 N–H and O–H groups in total. The molecule has 2 atom stereocenters. The van der Waals surface area contributed by atoms with Crippen molar-refractivity contribution in [2.45, 2.75) is 52.2 Å². The maximum absolute atomic E-state index is 13.6. The van der Waals surface area contributed by atoms with Crippen molar-refractivity contribution in [3.8, 4) is 5.75 Å². The van der Waals surface area contributed by atoms with Crippen LogP contribution in [0.5, 0.6) is 5.75 Å². The van der Waals surface area contributed by atoms with Crippen LogP contribution in [-0.2, 0) is 26.2 Å². The molecule has 0 saturated heterocycles. The molecule has 0 unspecified atom stereocenters. The van der Waals surface area contributed by atoms with E-state index in [4.69, 9.17) is 4.74 Å². The summed E-state index contributed by atoms with van der Waals surface area (Å²) in [4.78, 5) is 28.2. The summed E-state index contributed by atoms with van der Waals surface area (Å²) in [5, 5.41) is 2.95. The van der Waals surface area contributed by atoms with Crippen molar-refractivity contribution in [1.29, 1.82) is 0 Å². The largest absolute Gasteiger partial charge is 0.497 e. The van der Waals surface area contributed by atoms with E-state index in [1.165, 1.54) is 4.90 Å². The third kappa shape index (κ3) is 8.24. The maximum Gasteiger partial charge on any atom is 0.244 e. The van der Waals surface area contributed by atoms with Crippen molar-refractivity contribution >= 4 is 43.5 Å². The molecule has 35 heavy (non-hydrogen) atoms. The van der Waals surface area contributed by atoms with Crippen LogP contribution >= 0.6 is 15.9 Å². The first-order valence-electron chi connectivity index (χ1n) is 11.5. The standard InChI is InChI=1S/C25H34BrN3O5S/c1-6-18(3)27-25(31)23(7-2)28(16-19-8-14-22(34-4)15-9-19)24(30)17-29(35(5,32)33)21-12-10-20(26)11-13-21/h8-15,18,23H,6-7,16-17H2,1-5H3,(H,27,31)/t18-,23-/m0/s1. The van der Waals surface area contributed by atoms with Gasteiger partial charge in [-0.05, 0) is 61.7 Å². The van der Waals surface area contributed by atoms with Crippen LogP contribution in [0, 0.1) is 0 Å². The Morgan fingerprint density at radius 1 is 1.03 bits per heavy atom. The third-order valence-corrected chi connectivity index (χ3v) is 7.36. The van der Waals surface area contributed by atoms with Crippen LogP contribution in [0.2, 0.25) is 0 Å². The monoisotopic (exact) mass is 567 g/mol. The first-order chi connectivity index (χ1) is 16.5. The predicted molar refractivity (Wildman–Crippen MR) is 142 cm³/mol. The van der Waals surface area contributed by atoms with Gasteiger partial charge in [0.2, 0.25) is 21.8 Å². The van der Waals surface area contributed by atoms with Gasteiger partial charge in [0.15, 0.2) is 0 Å². The molecular formula is C25H34BrN3O5S. The lowest BCUT2D eigenvalue weighted by Crippen LogP contribution is -2.53. The lowest BCUT2D eigenvalue weighted by molar-refractivity contribution is -0.140. The number of hydrogen-bond acceptors (Lipinski definition) is 5. The number of nitrogens with zero attached hydrogens (tertiary/aromatic N) is 2. The van der Waals surface area contributed by atoms with Gasteiger partial charge in [-0.25, -0.2) is 8.42 Å². The lowest BCUT2D eigenvalue weighted by Gasteiger charge is -2.33. The van der Waals surface area contributed by atoms with Crippen molar-refractivity contribution in [3.63, 3.8) is 0 Å². The summed E-state index contributed by atoms with van der Waals surface area (Å²) in [6.45, 7) is 5.42. The molecule has 2 aromatic rings. The molecule has 2 amide bonds.